The minimum Gasteiger partial charge on any atom is -0.481 e. The maximum Gasteiger partial charge on any atom is 0.407 e. The lowest BCUT2D eigenvalue weighted by molar-refractivity contribution is -0.137. The molecule has 0 radical (unpaired) electrons. The van der Waals surface area contributed by atoms with Gasteiger partial charge in [0.25, 0.3) is 0 Å². The summed E-state index contributed by atoms with van der Waals surface area (Å²) in [6.45, 7) is 0.364. The number of amides is 1. The molecular formula is C26H19NO4. The number of nitrogens with one attached hydrogen (secondary N) is 1. The zero-order chi connectivity index (χ0) is 22.2. The summed E-state index contributed by atoms with van der Waals surface area (Å²) in [4.78, 5) is 21.9. The van der Waals surface area contributed by atoms with Crippen molar-refractivity contribution in [2.75, 3.05) is 6.54 Å². The van der Waals surface area contributed by atoms with Gasteiger partial charge in [0.1, 0.15) is 6.61 Å². The van der Waals surface area contributed by atoms with Crippen molar-refractivity contribution in [3.63, 3.8) is 0 Å². The Balaban J connectivity index is 1.74. The molecule has 0 spiro atoms. The molecule has 0 heterocycles. The van der Waals surface area contributed by atoms with Crippen LogP contribution in [-0.2, 0) is 16.1 Å². The third kappa shape index (κ3) is 10.5. The summed E-state index contributed by atoms with van der Waals surface area (Å²) in [6, 6.07) is 16.8. The van der Waals surface area contributed by atoms with E-state index in [1.807, 2.05) is 30.3 Å². The molecule has 152 valence electrons. The van der Waals surface area contributed by atoms with Crippen LogP contribution in [0.1, 0.15) is 29.5 Å². The number of carboxylic acid groups (broad SMARTS) is 1. The molecule has 0 aliphatic heterocycles. The molecule has 0 aliphatic rings. The van der Waals surface area contributed by atoms with Crippen molar-refractivity contribution < 1.29 is 19.4 Å². The van der Waals surface area contributed by atoms with Crippen LogP contribution < -0.4 is 5.32 Å². The van der Waals surface area contributed by atoms with Crippen LogP contribution in [0.2, 0.25) is 0 Å². The van der Waals surface area contributed by atoms with Gasteiger partial charge in [-0.2, -0.15) is 0 Å². The Labute approximate surface area is 181 Å². The molecule has 0 bridgehead atoms. The molecule has 5 nitrogen and oxygen atoms in total. The van der Waals surface area contributed by atoms with E-state index in [1.54, 1.807) is 24.3 Å². The van der Waals surface area contributed by atoms with Gasteiger partial charge in [0, 0.05) is 24.1 Å². The molecule has 0 atom stereocenters. The smallest absolute Gasteiger partial charge is 0.407 e. The number of hydrogen-bond acceptors (Lipinski definition) is 3. The van der Waals surface area contributed by atoms with Gasteiger partial charge < -0.3 is 15.2 Å². The van der Waals surface area contributed by atoms with Crippen LogP contribution in [0, 0.1) is 47.4 Å². The van der Waals surface area contributed by atoms with Gasteiger partial charge >= 0.3 is 12.1 Å². The Morgan fingerprint density at radius 3 is 2.00 bits per heavy atom. The van der Waals surface area contributed by atoms with Crippen molar-refractivity contribution in [2.24, 2.45) is 0 Å². The third-order valence-corrected chi connectivity index (χ3v) is 3.66. The monoisotopic (exact) mass is 409 g/mol. The number of aliphatic carboxylic acids is 1. The molecule has 0 aliphatic carbocycles. The molecule has 1 amide bonds. The van der Waals surface area contributed by atoms with Gasteiger partial charge in [-0.3, -0.25) is 4.79 Å². The van der Waals surface area contributed by atoms with E-state index in [4.69, 9.17) is 9.84 Å². The van der Waals surface area contributed by atoms with Gasteiger partial charge in [-0.15, -0.1) is 0 Å². The summed E-state index contributed by atoms with van der Waals surface area (Å²) in [5.74, 6) is 20.9. The van der Waals surface area contributed by atoms with E-state index >= 15 is 0 Å². The number of rotatable bonds is 6. The van der Waals surface area contributed by atoms with Gasteiger partial charge in [-0.1, -0.05) is 42.2 Å². The zero-order valence-corrected chi connectivity index (χ0v) is 16.7. The standard InChI is InChI=1S/C26H19NO4/c28-25(29)15-10-20-27-26(30)31-21-24-18-16-23(17-19-24)14-7-4-2-1-3-6-11-22-12-8-5-9-13-22/h5,8-9,12-13,16-19H,10,15,20-21H2,(H,27,30)(H,28,29). The number of benzene rings is 2. The van der Waals surface area contributed by atoms with E-state index in [2.05, 4.69) is 52.7 Å². The second kappa shape index (κ2) is 13.6. The minimum absolute atomic E-state index is 0.00207. The SMILES string of the molecule is O=C(O)CCCNC(=O)OCc1ccc(C#CC#CC#CC#Cc2ccccc2)cc1. The highest BCUT2D eigenvalue weighted by Gasteiger charge is 2.03. The summed E-state index contributed by atoms with van der Waals surface area (Å²) < 4.78 is 5.07. The first-order valence-electron chi connectivity index (χ1n) is 9.42. The lowest BCUT2D eigenvalue weighted by atomic mass is 10.1. The first-order chi connectivity index (χ1) is 15.1. The lowest BCUT2D eigenvalue weighted by Gasteiger charge is -2.06. The topological polar surface area (TPSA) is 75.6 Å². The van der Waals surface area contributed by atoms with E-state index in [1.165, 1.54) is 0 Å². The molecule has 0 saturated heterocycles. The average Bonchev–Trinajstić information content (AvgIpc) is 2.78. The van der Waals surface area contributed by atoms with Crippen LogP contribution >= 0.6 is 0 Å². The highest BCUT2D eigenvalue weighted by atomic mass is 16.5. The fourth-order valence-electron chi connectivity index (χ4n) is 2.17. The number of ether oxygens (including phenoxy) is 1. The molecule has 0 saturated carbocycles. The predicted molar refractivity (Wildman–Crippen MR) is 117 cm³/mol. The zero-order valence-electron chi connectivity index (χ0n) is 16.7. The number of alkyl carbamates (subject to hydrolysis) is 1. The van der Waals surface area contributed by atoms with E-state index in [9.17, 15) is 9.59 Å². The summed E-state index contributed by atoms with van der Waals surface area (Å²) >= 11 is 0. The van der Waals surface area contributed by atoms with Crippen LogP contribution in [-0.4, -0.2) is 23.7 Å². The normalized spacial score (nSPS) is 8.52. The molecule has 31 heavy (non-hydrogen) atoms. The largest absolute Gasteiger partial charge is 0.481 e. The van der Waals surface area contributed by atoms with Gasteiger partial charge in [0.05, 0.1) is 0 Å². The Morgan fingerprint density at radius 2 is 1.39 bits per heavy atom. The maximum absolute atomic E-state index is 11.5. The molecule has 0 fully saturated rings. The van der Waals surface area contributed by atoms with Crippen molar-refractivity contribution >= 4 is 12.1 Å². The van der Waals surface area contributed by atoms with Crippen molar-refractivity contribution in [1.29, 1.82) is 0 Å². The second-order valence-electron chi connectivity index (χ2n) is 6.06. The first kappa shape index (κ1) is 22.7. The van der Waals surface area contributed by atoms with Crippen LogP contribution in [0.4, 0.5) is 4.79 Å². The van der Waals surface area contributed by atoms with Gasteiger partial charge in [0.2, 0.25) is 0 Å². The number of hydrogen-bond donors (Lipinski definition) is 2. The fourth-order valence-corrected chi connectivity index (χ4v) is 2.17. The van der Waals surface area contributed by atoms with E-state index < -0.39 is 12.1 Å². The van der Waals surface area contributed by atoms with E-state index in [0.29, 0.717) is 6.42 Å². The lowest BCUT2D eigenvalue weighted by Crippen LogP contribution is -2.25. The van der Waals surface area contributed by atoms with Gasteiger partial charge in [-0.25, -0.2) is 4.79 Å². The minimum atomic E-state index is -0.898. The number of carboxylic acids is 1. The third-order valence-electron chi connectivity index (χ3n) is 3.66. The summed E-state index contributed by atoms with van der Waals surface area (Å²) in [5.41, 5.74) is 2.47. The second-order valence-corrected chi connectivity index (χ2v) is 6.06. The Bertz CT molecular complexity index is 1140. The van der Waals surface area contributed by atoms with Crippen LogP contribution in [0.15, 0.2) is 54.6 Å². The van der Waals surface area contributed by atoms with Crippen LogP contribution in [0.5, 0.6) is 0 Å². The van der Waals surface area contributed by atoms with Gasteiger partial charge in [0.15, 0.2) is 0 Å². The Morgan fingerprint density at radius 1 is 0.806 bits per heavy atom. The highest BCUT2D eigenvalue weighted by molar-refractivity contribution is 5.68. The molecule has 0 aromatic heterocycles. The Hall–Kier alpha value is -4.58. The maximum atomic E-state index is 11.5. The number of carbonyl (C=O) groups is 2. The van der Waals surface area contributed by atoms with Crippen molar-refractivity contribution in [3.8, 4) is 47.4 Å². The quantitative estimate of drug-likeness (QED) is 0.568. The Kier molecular flexibility index (Phi) is 9.94. The molecule has 0 unspecified atom stereocenters. The molecular weight excluding hydrogens is 390 g/mol. The van der Waals surface area contributed by atoms with E-state index in [0.717, 1.165) is 16.7 Å². The van der Waals surface area contributed by atoms with Crippen molar-refractivity contribution in [2.45, 2.75) is 19.4 Å². The van der Waals surface area contributed by atoms with Crippen LogP contribution in [0.3, 0.4) is 0 Å². The summed E-state index contributed by atoms with van der Waals surface area (Å²) in [6.07, 6.45) is -0.228. The number of carbonyl (C=O) groups excluding carboxylic acids is 1. The summed E-state index contributed by atoms with van der Waals surface area (Å²) in [7, 11) is 0. The molecule has 2 aromatic carbocycles. The predicted octanol–water partition coefficient (Wildman–Crippen LogP) is 3.19. The summed E-state index contributed by atoms with van der Waals surface area (Å²) in [5, 5.41) is 11.0. The molecule has 5 heteroatoms. The fraction of sp³-hybridized carbons (Fsp3) is 0.154. The van der Waals surface area contributed by atoms with Crippen LogP contribution in [0.25, 0.3) is 0 Å². The highest BCUT2D eigenvalue weighted by Crippen LogP contribution is 2.05. The average molecular weight is 409 g/mol. The molecule has 2 rings (SSSR count). The van der Waals surface area contributed by atoms with Gasteiger partial charge in [-0.05, 0) is 71.8 Å². The first-order valence-corrected chi connectivity index (χ1v) is 9.42. The van der Waals surface area contributed by atoms with E-state index in [-0.39, 0.29) is 19.6 Å². The van der Waals surface area contributed by atoms with Crippen molar-refractivity contribution in [1.82, 2.24) is 5.32 Å². The molecule has 2 aromatic rings. The van der Waals surface area contributed by atoms with Crippen molar-refractivity contribution in [3.05, 3.63) is 71.3 Å². The molecule has 2 N–H and O–H groups in total.